The molecule has 0 saturated heterocycles. The van der Waals surface area contributed by atoms with Crippen molar-refractivity contribution in [3.05, 3.63) is 35.4 Å². The first kappa shape index (κ1) is 18.1. The fourth-order valence-corrected chi connectivity index (χ4v) is 1.66. The number of ether oxygens (including phenoxy) is 4. The Labute approximate surface area is 126 Å². The Morgan fingerprint density at radius 3 is 1.95 bits per heavy atom. The van der Waals surface area contributed by atoms with E-state index in [1.165, 1.54) is 5.56 Å². The maximum Gasteiger partial charge on any atom is 0.102 e. The molecule has 0 saturated carbocycles. The largest absolute Gasteiger partial charge is 0.386 e. The van der Waals surface area contributed by atoms with Crippen molar-refractivity contribution in [1.82, 2.24) is 0 Å². The lowest BCUT2D eigenvalue weighted by molar-refractivity contribution is -0.0148. The predicted molar refractivity (Wildman–Crippen MR) is 80.5 cm³/mol. The van der Waals surface area contributed by atoms with Crippen molar-refractivity contribution < 1.29 is 24.1 Å². The third-order valence-electron chi connectivity index (χ3n) is 2.91. The lowest BCUT2D eigenvalue weighted by Gasteiger charge is -2.12. The lowest BCUT2D eigenvalue weighted by atomic mass is 10.1. The number of aliphatic hydroxyl groups excluding tert-OH is 1. The van der Waals surface area contributed by atoms with Gasteiger partial charge < -0.3 is 24.1 Å². The van der Waals surface area contributed by atoms with Gasteiger partial charge in [0, 0.05) is 7.11 Å². The van der Waals surface area contributed by atoms with Crippen LogP contribution < -0.4 is 0 Å². The molecule has 1 N–H and O–H groups in total. The standard InChI is InChI=1S/C16H26O5/c1-14-3-5-15(6-4-14)16(17)13-21-12-11-20-10-9-19-8-7-18-2/h3-6,16-17H,7-13H2,1-2H3. The molecular formula is C16H26O5. The Morgan fingerprint density at radius 1 is 0.857 bits per heavy atom. The van der Waals surface area contributed by atoms with Gasteiger partial charge in [-0.25, -0.2) is 0 Å². The first-order valence-corrected chi connectivity index (χ1v) is 7.21. The average molecular weight is 298 g/mol. The van der Waals surface area contributed by atoms with E-state index in [-0.39, 0.29) is 6.61 Å². The van der Waals surface area contributed by atoms with E-state index < -0.39 is 6.10 Å². The Morgan fingerprint density at radius 2 is 1.38 bits per heavy atom. The predicted octanol–water partition coefficient (Wildman–Crippen LogP) is 1.72. The molecule has 0 aromatic heterocycles. The van der Waals surface area contributed by atoms with Crippen LogP contribution in [0.4, 0.5) is 0 Å². The molecule has 1 aromatic rings. The van der Waals surface area contributed by atoms with Crippen LogP contribution in [0.1, 0.15) is 17.2 Å². The Bertz CT molecular complexity index is 352. The Kier molecular flexibility index (Phi) is 10.0. The van der Waals surface area contributed by atoms with Gasteiger partial charge in [-0.3, -0.25) is 0 Å². The van der Waals surface area contributed by atoms with Crippen molar-refractivity contribution in [1.29, 1.82) is 0 Å². The maximum atomic E-state index is 9.94. The van der Waals surface area contributed by atoms with Crippen LogP contribution in [0.25, 0.3) is 0 Å². The Balaban J connectivity index is 1.95. The van der Waals surface area contributed by atoms with Crippen molar-refractivity contribution in [2.75, 3.05) is 53.4 Å². The molecular weight excluding hydrogens is 272 g/mol. The summed E-state index contributed by atoms with van der Waals surface area (Å²) < 4.78 is 20.8. The molecule has 0 heterocycles. The van der Waals surface area contributed by atoms with Crippen LogP contribution in [0.15, 0.2) is 24.3 Å². The number of hydrogen-bond acceptors (Lipinski definition) is 5. The zero-order valence-corrected chi connectivity index (χ0v) is 12.9. The topological polar surface area (TPSA) is 57.2 Å². The van der Waals surface area contributed by atoms with Gasteiger partial charge in [0.05, 0.1) is 46.2 Å². The van der Waals surface area contributed by atoms with Gasteiger partial charge in [0.25, 0.3) is 0 Å². The van der Waals surface area contributed by atoms with Gasteiger partial charge in [0.2, 0.25) is 0 Å². The molecule has 0 amide bonds. The van der Waals surface area contributed by atoms with E-state index in [4.69, 9.17) is 18.9 Å². The van der Waals surface area contributed by atoms with Crippen molar-refractivity contribution in [2.24, 2.45) is 0 Å². The number of methoxy groups -OCH3 is 1. The SMILES string of the molecule is COCCOCCOCCOCC(O)c1ccc(C)cc1. The fourth-order valence-electron chi connectivity index (χ4n) is 1.66. The van der Waals surface area contributed by atoms with Gasteiger partial charge >= 0.3 is 0 Å². The van der Waals surface area contributed by atoms with Crippen LogP contribution in [0.2, 0.25) is 0 Å². The zero-order valence-electron chi connectivity index (χ0n) is 12.9. The van der Waals surface area contributed by atoms with Crippen molar-refractivity contribution in [2.45, 2.75) is 13.0 Å². The van der Waals surface area contributed by atoms with Crippen molar-refractivity contribution in [3.8, 4) is 0 Å². The fraction of sp³-hybridized carbons (Fsp3) is 0.625. The van der Waals surface area contributed by atoms with Gasteiger partial charge in [-0.1, -0.05) is 29.8 Å². The zero-order chi connectivity index (χ0) is 15.3. The molecule has 0 spiro atoms. The number of hydrogen-bond donors (Lipinski definition) is 1. The summed E-state index contributed by atoms with van der Waals surface area (Å²) in [5.74, 6) is 0. The highest BCUT2D eigenvalue weighted by atomic mass is 16.6. The molecule has 1 unspecified atom stereocenters. The van der Waals surface area contributed by atoms with Crippen molar-refractivity contribution >= 4 is 0 Å². The molecule has 1 aromatic carbocycles. The van der Waals surface area contributed by atoms with Crippen LogP contribution in [0.3, 0.4) is 0 Å². The monoisotopic (exact) mass is 298 g/mol. The summed E-state index contributed by atoms with van der Waals surface area (Å²) in [5, 5.41) is 9.94. The first-order chi connectivity index (χ1) is 10.2. The number of rotatable bonds is 12. The van der Waals surface area contributed by atoms with E-state index in [9.17, 15) is 5.11 Å². The minimum Gasteiger partial charge on any atom is -0.386 e. The quantitative estimate of drug-likeness (QED) is 0.596. The second kappa shape index (κ2) is 11.7. The molecule has 0 aliphatic heterocycles. The third-order valence-corrected chi connectivity index (χ3v) is 2.91. The number of aryl methyl sites for hydroxylation is 1. The molecule has 120 valence electrons. The minimum atomic E-state index is -0.594. The molecule has 0 bridgehead atoms. The van der Waals surface area contributed by atoms with E-state index in [0.29, 0.717) is 39.6 Å². The smallest absolute Gasteiger partial charge is 0.102 e. The van der Waals surface area contributed by atoms with Crippen LogP contribution in [-0.2, 0) is 18.9 Å². The maximum absolute atomic E-state index is 9.94. The highest BCUT2D eigenvalue weighted by Crippen LogP contribution is 2.13. The summed E-state index contributed by atoms with van der Waals surface area (Å²) in [4.78, 5) is 0. The third kappa shape index (κ3) is 8.80. The van der Waals surface area contributed by atoms with Gasteiger partial charge in [0.1, 0.15) is 6.10 Å². The highest BCUT2D eigenvalue weighted by Gasteiger charge is 2.06. The summed E-state index contributed by atoms with van der Waals surface area (Å²) >= 11 is 0. The first-order valence-electron chi connectivity index (χ1n) is 7.21. The summed E-state index contributed by atoms with van der Waals surface area (Å²) in [6.07, 6.45) is -0.594. The highest BCUT2D eigenvalue weighted by molar-refractivity contribution is 5.23. The molecule has 0 aliphatic carbocycles. The van der Waals surface area contributed by atoms with Crippen LogP contribution in [0.5, 0.6) is 0 Å². The van der Waals surface area contributed by atoms with Gasteiger partial charge in [0.15, 0.2) is 0 Å². The van der Waals surface area contributed by atoms with Gasteiger partial charge in [-0.15, -0.1) is 0 Å². The van der Waals surface area contributed by atoms with E-state index in [0.717, 1.165) is 5.56 Å². The molecule has 0 aliphatic rings. The van der Waals surface area contributed by atoms with Crippen LogP contribution in [-0.4, -0.2) is 58.5 Å². The second-order valence-electron chi connectivity index (χ2n) is 4.72. The van der Waals surface area contributed by atoms with Crippen molar-refractivity contribution in [3.63, 3.8) is 0 Å². The molecule has 0 fully saturated rings. The average Bonchev–Trinajstić information content (AvgIpc) is 2.49. The summed E-state index contributed by atoms with van der Waals surface area (Å²) in [7, 11) is 1.64. The molecule has 21 heavy (non-hydrogen) atoms. The van der Waals surface area contributed by atoms with E-state index in [1.807, 2.05) is 31.2 Å². The molecule has 1 rings (SSSR count). The van der Waals surface area contributed by atoms with Gasteiger partial charge in [-0.2, -0.15) is 0 Å². The number of aliphatic hydroxyl groups is 1. The van der Waals surface area contributed by atoms with Crippen LogP contribution in [0, 0.1) is 6.92 Å². The van der Waals surface area contributed by atoms with Gasteiger partial charge in [-0.05, 0) is 12.5 Å². The summed E-state index contributed by atoms with van der Waals surface area (Å²) in [6.45, 7) is 5.51. The lowest BCUT2D eigenvalue weighted by Crippen LogP contribution is -2.13. The minimum absolute atomic E-state index is 0.275. The van der Waals surface area contributed by atoms with Crippen LogP contribution >= 0.6 is 0 Å². The summed E-state index contributed by atoms with van der Waals surface area (Å²) in [5.41, 5.74) is 2.04. The van der Waals surface area contributed by atoms with E-state index in [2.05, 4.69) is 0 Å². The Hall–Kier alpha value is -0.980. The molecule has 5 heteroatoms. The van der Waals surface area contributed by atoms with E-state index in [1.54, 1.807) is 7.11 Å². The normalized spacial score (nSPS) is 12.5. The molecule has 0 radical (unpaired) electrons. The van der Waals surface area contributed by atoms with E-state index >= 15 is 0 Å². The number of benzene rings is 1. The second-order valence-corrected chi connectivity index (χ2v) is 4.72. The summed E-state index contributed by atoms with van der Waals surface area (Å²) in [6, 6.07) is 7.78. The molecule has 1 atom stereocenters. The molecule has 5 nitrogen and oxygen atoms in total.